The molecule has 1 heterocycles. The van der Waals surface area contributed by atoms with Crippen LogP contribution in [0.1, 0.15) is 44.8 Å². The molecular weight excluding hydrogens is 328 g/mol. The number of carbonyl (C=O) groups excluding carboxylic acids is 2. The molecule has 0 radical (unpaired) electrons. The first-order valence-corrected chi connectivity index (χ1v) is 9.15. The van der Waals surface area contributed by atoms with Gasteiger partial charge in [-0.1, -0.05) is 12.1 Å². The van der Waals surface area contributed by atoms with Gasteiger partial charge in [-0.2, -0.15) is 0 Å². The molecule has 1 fully saturated rings. The molecule has 1 aromatic carbocycles. The number of amides is 1. The highest BCUT2D eigenvalue weighted by atomic mass is 16.5. The van der Waals surface area contributed by atoms with Gasteiger partial charge in [0.15, 0.2) is 0 Å². The number of pyridine rings is 1. The molecule has 2 aliphatic carbocycles. The van der Waals surface area contributed by atoms with E-state index in [9.17, 15) is 9.59 Å². The van der Waals surface area contributed by atoms with Crippen LogP contribution in [0.3, 0.4) is 0 Å². The predicted molar refractivity (Wildman–Crippen MR) is 97.5 cm³/mol. The molecule has 2 aliphatic rings. The zero-order valence-electron chi connectivity index (χ0n) is 14.6. The highest BCUT2D eigenvalue weighted by Crippen LogP contribution is 2.29. The first kappa shape index (κ1) is 16.8. The van der Waals surface area contributed by atoms with Crippen LogP contribution >= 0.6 is 0 Å². The molecule has 0 aliphatic heterocycles. The van der Waals surface area contributed by atoms with Crippen LogP contribution in [0.5, 0.6) is 5.75 Å². The van der Waals surface area contributed by atoms with Gasteiger partial charge in [0.05, 0.1) is 12.8 Å². The summed E-state index contributed by atoms with van der Waals surface area (Å²) in [6, 6.07) is 9.33. The maximum Gasteiger partial charge on any atom is 0.269 e. The number of rotatable bonds is 7. The number of carbonyl (C=O) groups is 2. The topological polar surface area (TPSA) is 68.3 Å². The summed E-state index contributed by atoms with van der Waals surface area (Å²) in [5, 5.41) is 2.97. The predicted octanol–water partition coefficient (Wildman–Crippen LogP) is 2.83. The van der Waals surface area contributed by atoms with E-state index >= 15 is 0 Å². The fourth-order valence-corrected chi connectivity index (χ4v) is 3.37. The standard InChI is InChI=1S/C21H22N2O3/c24-12-15-3-4-17-8-16(9-18(17)7-15)10-23-21(25)20-6-5-19(11-22-20)26-13-14-1-2-14/h3-7,11-12,14,16H,1-2,8-10,13H2,(H,23,25). The second kappa shape index (κ2) is 7.28. The lowest BCUT2D eigenvalue weighted by atomic mass is 10.1. The van der Waals surface area contributed by atoms with Gasteiger partial charge in [0.2, 0.25) is 0 Å². The third-order valence-corrected chi connectivity index (χ3v) is 5.09. The zero-order valence-corrected chi connectivity index (χ0v) is 14.6. The Kier molecular flexibility index (Phi) is 4.69. The fraction of sp³-hybridized carbons (Fsp3) is 0.381. The Morgan fingerprint density at radius 2 is 2.00 bits per heavy atom. The Morgan fingerprint density at radius 3 is 2.73 bits per heavy atom. The number of aldehydes is 1. The summed E-state index contributed by atoms with van der Waals surface area (Å²) >= 11 is 0. The van der Waals surface area contributed by atoms with E-state index in [1.165, 1.54) is 24.0 Å². The van der Waals surface area contributed by atoms with Crippen LogP contribution in [0.4, 0.5) is 0 Å². The second-order valence-corrected chi connectivity index (χ2v) is 7.26. The van der Waals surface area contributed by atoms with Crippen LogP contribution in [0.25, 0.3) is 0 Å². The Labute approximate surface area is 152 Å². The minimum Gasteiger partial charge on any atom is -0.492 e. The van der Waals surface area contributed by atoms with Gasteiger partial charge in [0.1, 0.15) is 17.7 Å². The van der Waals surface area contributed by atoms with Crippen molar-refractivity contribution in [1.82, 2.24) is 10.3 Å². The van der Waals surface area contributed by atoms with Crippen LogP contribution in [0.15, 0.2) is 36.5 Å². The molecule has 1 atom stereocenters. The van der Waals surface area contributed by atoms with Crippen molar-refractivity contribution in [2.45, 2.75) is 25.7 Å². The van der Waals surface area contributed by atoms with E-state index in [1.54, 1.807) is 18.3 Å². The van der Waals surface area contributed by atoms with E-state index < -0.39 is 0 Å². The van der Waals surface area contributed by atoms with Crippen molar-refractivity contribution in [1.29, 1.82) is 0 Å². The Hall–Kier alpha value is -2.69. The third kappa shape index (κ3) is 3.93. The SMILES string of the molecule is O=Cc1ccc2c(c1)CC(CNC(=O)c1ccc(OCC3CC3)cn1)C2. The number of nitrogens with one attached hydrogen (secondary N) is 1. The van der Waals surface area contributed by atoms with E-state index in [0.717, 1.165) is 25.7 Å². The summed E-state index contributed by atoms with van der Waals surface area (Å²) in [7, 11) is 0. The van der Waals surface area contributed by atoms with E-state index in [4.69, 9.17) is 4.74 Å². The molecule has 134 valence electrons. The largest absolute Gasteiger partial charge is 0.492 e. The fourth-order valence-electron chi connectivity index (χ4n) is 3.37. The second-order valence-electron chi connectivity index (χ2n) is 7.26. The molecule has 5 nitrogen and oxygen atoms in total. The number of fused-ring (bicyclic) bond motifs is 1. The van der Waals surface area contributed by atoms with Crippen molar-refractivity contribution < 1.29 is 14.3 Å². The van der Waals surface area contributed by atoms with Crippen molar-refractivity contribution >= 4 is 12.2 Å². The molecule has 1 amide bonds. The monoisotopic (exact) mass is 350 g/mol. The van der Waals surface area contributed by atoms with E-state index in [-0.39, 0.29) is 5.91 Å². The van der Waals surface area contributed by atoms with Gasteiger partial charge < -0.3 is 10.1 Å². The summed E-state index contributed by atoms with van der Waals surface area (Å²) in [5.74, 6) is 1.60. The summed E-state index contributed by atoms with van der Waals surface area (Å²) in [6.45, 7) is 1.34. The van der Waals surface area contributed by atoms with Crippen LogP contribution in [0.2, 0.25) is 0 Å². The Bertz CT molecular complexity index is 813. The van der Waals surface area contributed by atoms with E-state index in [2.05, 4.69) is 10.3 Å². The number of hydrogen-bond donors (Lipinski definition) is 1. The number of ether oxygens (including phenoxy) is 1. The summed E-state index contributed by atoms with van der Waals surface area (Å²) in [6.07, 6.45) is 6.79. The van der Waals surface area contributed by atoms with Crippen LogP contribution in [-0.2, 0) is 12.8 Å². The van der Waals surface area contributed by atoms with Crippen molar-refractivity contribution in [2.24, 2.45) is 11.8 Å². The highest BCUT2D eigenvalue weighted by Gasteiger charge is 2.23. The van der Waals surface area contributed by atoms with Crippen LogP contribution in [-0.4, -0.2) is 30.3 Å². The minimum atomic E-state index is -0.164. The first-order chi connectivity index (χ1) is 12.7. The molecule has 26 heavy (non-hydrogen) atoms. The maximum atomic E-state index is 12.3. The van der Waals surface area contributed by atoms with Crippen molar-refractivity contribution in [3.8, 4) is 5.75 Å². The molecule has 1 unspecified atom stereocenters. The lowest BCUT2D eigenvalue weighted by Crippen LogP contribution is -2.30. The summed E-state index contributed by atoms with van der Waals surface area (Å²) < 4.78 is 5.64. The number of benzene rings is 1. The molecule has 4 rings (SSSR count). The Morgan fingerprint density at radius 1 is 1.15 bits per heavy atom. The van der Waals surface area contributed by atoms with Crippen molar-refractivity contribution in [3.05, 3.63) is 58.9 Å². The maximum absolute atomic E-state index is 12.3. The smallest absolute Gasteiger partial charge is 0.269 e. The Balaban J connectivity index is 1.28. The normalized spacial score (nSPS) is 18.2. The quantitative estimate of drug-likeness (QED) is 0.780. The van der Waals surface area contributed by atoms with Gasteiger partial charge in [-0.15, -0.1) is 0 Å². The molecule has 0 saturated heterocycles. The molecule has 1 N–H and O–H groups in total. The minimum absolute atomic E-state index is 0.164. The highest BCUT2D eigenvalue weighted by molar-refractivity contribution is 5.92. The molecule has 1 aromatic heterocycles. The average molecular weight is 350 g/mol. The van der Waals surface area contributed by atoms with E-state index in [0.29, 0.717) is 35.4 Å². The molecule has 0 spiro atoms. The van der Waals surface area contributed by atoms with Crippen LogP contribution in [0, 0.1) is 11.8 Å². The molecular formula is C21H22N2O3. The number of aromatic nitrogens is 1. The third-order valence-electron chi connectivity index (χ3n) is 5.09. The number of nitrogens with zero attached hydrogens (tertiary/aromatic N) is 1. The van der Waals surface area contributed by atoms with Crippen molar-refractivity contribution in [2.75, 3.05) is 13.2 Å². The van der Waals surface area contributed by atoms with Gasteiger partial charge in [-0.05, 0) is 66.8 Å². The average Bonchev–Trinajstić information content (AvgIpc) is 3.42. The summed E-state index contributed by atoms with van der Waals surface area (Å²) in [5.41, 5.74) is 3.60. The van der Waals surface area contributed by atoms with Gasteiger partial charge in [0, 0.05) is 12.1 Å². The molecule has 0 bridgehead atoms. The molecule has 1 saturated carbocycles. The first-order valence-electron chi connectivity index (χ1n) is 9.15. The van der Waals surface area contributed by atoms with Gasteiger partial charge in [0.25, 0.3) is 5.91 Å². The van der Waals surface area contributed by atoms with Crippen LogP contribution < -0.4 is 10.1 Å². The number of hydrogen-bond acceptors (Lipinski definition) is 4. The van der Waals surface area contributed by atoms with Crippen molar-refractivity contribution in [3.63, 3.8) is 0 Å². The van der Waals surface area contributed by atoms with Gasteiger partial charge in [-0.3, -0.25) is 9.59 Å². The van der Waals surface area contributed by atoms with Gasteiger partial charge >= 0.3 is 0 Å². The van der Waals surface area contributed by atoms with Gasteiger partial charge in [-0.25, -0.2) is 4.98 Å². The lowest BCUT2D eigenvalue weighted by Gasteiger charge is -2.11. The lowest BCUT2D eigenvalue weighted by molar-refractivity contribution is 0.0942. The van der Waals surface area contributed by atoms with E-state index in [1.807, 2.05) is 18.2 Å². The summed E-state index contributed by atoms with van der Waals surface area (Å²) in [4.78, 5) is 27.4. The zero-order chi connectivity index (χ0) is 17.9. The molecule has 5 heteroatoms. The molecule has 2 aromatic rings.